The summed E-state index contributed by atoms with van der Waals surface area (Å²) in [5.41, 5.74) is 0. The van der Waals surface area contributed by atoms with E-state index in [1.807, 2.05) is 6.92 Å². The first-order chi connectivity index (χ1) is 4.81. The Morgan fingerprint density at radius 3 is 2.80 bits per heavy atom. The lowest BCUT2D eigenvalue weighted by Gasteiger charge is -1.91. The quantitative estimate of drug-likeness (QED) is 0.417. The van der Waals surface area contributed by atoms with Gasteiger partial charge in [0, 0.05) is 13.5 Å². The number of hydrogen-bond acceptors (Lipinski definition) is 3. The Labute approximate surface area is 60.3 Å². The average Bonchev–Trinajstić information content (AvgIpc) is 1.89. The summed E-state index contributed by atoms with van der Waals surface area (Å²) >= 11 is 0. The molecule has 0 rings (SSSR count). The van der Waals surface area contributed by atoms with Gasteiger partial charge in [0.2, 0.25) is 0 Å². The second kappa shape index (κ2) is 6.12. The molecule has 3 heteroatoms. The lowest BCUT2D eigenvalue weighted by atomic mass is 10.5. The van der Waals surface area contributed by atoms with Crippen LogP contribution in [0.15, 0.2) is 0 Å². The third-order valence-corrected chi connectivity index (χ3v) is 0.676. The summed E-state index contributed by atoms with van der Waals surface area (Å²) in [5.74, 6) is 2.13. The molecule has 0 aliphatic carbocycles. The number of hydrogen-bond donors (Lipinski definition) is 0. The third kappa shape index (κ3) is 5.13. The first kappa shape index (κ1) is 8.99. The zero-order valence-corrected chi connectivity index (χ0v) is 6.14. The van der Waals surface area contributed by atoms with Crippen molar-refractivity contribution in [2.24, 2.45) is 0 Å². The molecule has 0 radical (unpaired) electrons. The first-order valence-corrected chi connectivity index (χ1v) is 2.97. The molecule has 0 saturated heterocycles. The summed E-state index contributed by atoms with van der Waals surface area (Å²) in [4.78, 5) is 10.5. The highest BCUT2D eigenvalue weighted by molar-refractivity contribution is 5.71. The van der Waals surface area contributed by atoms with Crippen molar-refractivity contribution in [3.8, 4) is 12.0 Å². The Kier molecular flexibility index (Phi) is 5.50. The summed E-state index contributed by atoms with van der Waals surface area (Å²) < 4.78 is 8.89. The summed E-state index contributed by atoms with van der Waals surface area (Å²) in [5, 5.41) is 0. The molecule has 0 aromatic carbocycles. The van der Waals surface area contributed by atoms with Crippen molar-refractivity contribution in [1.82, 2.24) is 0 Å². The molecule has 0 aromatic rings. The highest BCUT2D eigenvalue weighted by Gasteiger charge is 1.96. The standard InChI is InChI=1S/C7H10O3/c1-3-4-5-10-7(8)6-9-2/h3,6H2,1-2H3. The van der Waals surface area contributed by atoms with Crippen molar-refractivity contribution in [3.63, 3.8) is 0 Å². The Balaban J connectivity index is 3.39. The summed E-state index contributed by atoms with van der Waals surface area (Å²) in [6, 6.07) is 0. The van der Waals surface area contributed by atoms with E-state index in [2.05, 4.69) is 21.5 Å². The zero-order valence-electron chi connectivity index (χ0n) is 6.14. The molecule has 0 N–H and O–H groups in total. The van der Waals surface area contributed by atoms with E-state index in [1.54, 1.807) is 0 Å². The van der Waals surface area contributed by atoms with Crippen LogP contribution in [0.1, 0.15) is 13.3 Å². The normalized spacial score (nSPS) is 7.80. The van der Waals surface area contributed by atoms with Gasteiger partial charge >= 0.3 is 5.97 Å². The lowest BCUT2D eigenvalue weighted by Crippen LogP contribution is -2.07. The van der Waals surface area contributed by atoms with Gasteiger partial charge in [-0.25, -0.2) is 4.79 Å². The maximum absolute atomic E-state index is 10.5. The lowest BCUT2D eigenvalue weighted by molar-refractivity contribution is -0.140. The fraction of sp³-hybridized carbons (Fsp3) is 0.571. The Morgan fingerprint density at radius 2 is 2.30 bits per heavy atom. The van der Waals surface area contributed by atoms with Crippen molar-refractivity contribution >= 4 is 5.97 Å². The smallest absolute Gasteiger partial charge is 0.345 e. The van der Waals surface area contributed by atoms with E-state index in [0.29, 0.717) is 6.42 Å². The van der Waals surface area contributed by atoms with Crippen molar-refractivity contribution in [2.45, 2.75) is 13.3 Å². The van der Waals surface area contributed by atoms with Crippen LogP contribution in [0.4, 0.5) is 0 Å². The van der Waals surface area contributed by atoms with Crippen LogP contribution in [0.25, 0.3) is 0 Å². The van der Waals surface area contributed by atoms with E-state index in [9.17, 15) is 4.79 Å². The van der Waals surface area contributed by atoms with Crippen molar-refractivity contribution < 1.29 is 14.3 Å². The van der Waals surface area contributed by atoms with Gasteiger partial charge in [0.25, 0.3) is 0 Å². The zero-order chi connectivity index (χ0) is 7.82. The molecule has 0 saturated carbocycles. The molecule has 0 atom stereocenters. The molecule has 3 nitrogen and oxygen atoms in total. The van der Waals surface area contributed by atoms with Gasteiger partial charge in [-0.1, -0.05) is 12.8 Å². The van der Waals surface area contributed by atoms with Crippen LogP contribution in [0.5, 0.6) is 0 Å². The van der Waals surface area contributed by atoms with Crippen LogP contribution < -0.4 is 0 Å². The largest absolute Gasteiger partial charge is 0.373 e. The van der Waals surface area contributed by atoms with Crippen LogP contribution in [-0.2, 0) is 14.3 Å². The van der Waals surface area contributed by atoms with E-state index in [0.717, 1.165) is 0 Å². The topological polar surface area (TPSA) is 35.5 Å². The molecule has 10 heavy (non-hydrogen) atoms. The van der Waals surface area contributed by atoms with Crippen molar-refractivity contribution in [3.05, 3.63) is 0 Å². The maximum Gasteiger partial charge on any atom is 0.345 e. The first-order valence-electron chi connectivity index (χ1n) is 2.97. The molecule has 0 amide bonds. The highest BCUT2D eigenvalue weighted by Crippen LogP contribution is 1.76. The monoisotopic (exact) mass is 142 g/mol. The van der Waals surface area contributed by atoms with Crippen LogP contribution in [0, 0.1) is 12.0 Å². The molecular weight excluding hydrogens is 132 g/mol. The van der Waals surface area contributed by atoms with E-state index in [-0.39, 0.29) is 6.61 Å². The molecular formula is C7H10O3. The van der Waals surface area contributed by atoms with E-state index >= 15 is 0 Å². The number of esters is 1. The molecule has 0 aliphatic rings. The van der Waals surface area contributed by atoms with Crippen molar-refractivity contribution in [1.29, 1.82) is 0 Å². The van der Waals surface area contributed by atoms with E-state index in [1.165, 1.54) is 7.11 Å². The molecule has 0 spiro atoms. The number of ether oxygens (including phenoxy) is 2. The molecule has 56 valence electrons. The summed E-state index contributed by atoms with van der Waals surface area (Å²) in [6.45, 7) is 1.83. The Bertz CT molecular complexity index is 152. The average molecular weight is 142 g/mol. The number of carbonyl (C=O) groups excluding carboxylic acids is 1. The highest BCUT2D eigenvalue weighted by atomic mass is 16.6. The predicted molar refractivity (Wildman–Crippen MR) is 36.0 cm³/mol. The van der Waals surface area contributed by atoms with Crippen LogP contribution >= 0.6 is 0 Å². The fourth-order valence-corrected chi connectivity index (χ4v) is 0.312. The van der Waals surface area contributed by atoms with Gasteiger partial charge in [-0.15, -0.1) is 0 Å². The minimum atomic E-state index is -0.455. The van der Waals surface area contributed by atoms with Gasteiger partial charge in [0.05, 0.1) is 0 Å². The maximum atomic E-state index is 10.5. The number of methoxy groups -OCH3 is 1. The molecule has 0 unspecified atom stereocenters. The van der Waals surface area contributed by atoms with Gasteiger partial charge in [0.1, 0.15) is 12.7 Å². The minimum absolute atomic E-state index is 0.0433. The molecule has 0 bridgehead atoms. The second-order valence-electron chi connectivity index (χ2n) is 1.54. The van der Waals surface area contributed by atoms with Crippen LogP contribution in [0.3, 0.4) is 0 Å². The van der Waals surface area contributed by atoms with E-state index in [4.69, 9.17) is 0 Å². The Morgan fingerprint density at radius 1 is 1.60 bits per heavy atom. The third-order valence-electron chi connectivity index (χ3n) is 0.676. The second-order valence-corrected chi connectivity index (χ2v) is 1.54. The molecule has 0 fully saturated rings. The van der Waals surface area contributed by atoms with Gasteiger partial charge < -0.3 is 9.47 Å². The minimum Gasteiger partial charge on any atom is -0.373 e. The van der Waals surface area contributed by atoms with Gasteiger partial charge in [-0.05, 0) is 0 Å². The van der Waals surface area contributed by atoms with Gasteiger partial charge in [-0.3, -0.25) is 0 Å². The number of rotatable bonds is 2. The van der Waals surface area contributed by atoms with Crippen molar-refractivity contribution in [2.75, 3.05) is 13.7 Å². The number of carbonyl (C=O) groups is 1. The summed E-state index contributed by atoms with van der Waals surface area (Å²) in [6.07, 6.45) is 2.92. The predicted octanol–water partition coefficient (Wildman–Crippen LogP) is 0.547. The fourth-order valence-electron chi connectivity index (χ4n) is 0.312. The van der Waals surface area contributed by atoms with E-state index < -0.39 is 5.97 Å². The SMILES string of the molecule is CCC#COC(=O)COC. The molecule has 0 aliphatic heterocycles. The van der Waals surface area contributed by atoms with Gasteiger partial charge in [0.15, 0.2) is 0 Å². The summed E-state index contributed by atoms with van der Waals surface area (Å²) in [7, 11) is 1.43. The van der Waals surface area contributed by atoms with Crippen LogP contribution in [-0.4, -0.2) is 19.7 Å². The molecule has 0 heterocycles. The molecule has 0 aromatic heterocycles. The van der Waals surface area contributed by atoms with Crippen LogP contribution in [0.2, 0.25) is 0 Å². The Hall–Kier alpha value is -1.01. The van der Waals surface area contributed by atoms with Gasteiger partial charge in [-0.2, -0.15) is 0 Å².